The molecule has 1 N–H and O–H groups in total. The van der Waals surface area contributed by atoms with Crippen LogP contribution in [0.1, 0.15) is 10.7 Å². The van der Waals surface area contributed by atoms with E-state index < -0.39 is 0 Å². The van der Waals surface area contributed by atoms with Gasteiger partial charge in [0, 0.05) is 33.2 Å². The Morgan fingerprint density at radius 1 is 1.11 bits per heavy atom. The lowest BCUT2D eigenvalue weighted by Crippen LogP contribution is -1.94. The van der Waals surface area contributed by atoms with Gasteiger partial charge in [-0.25, -0.2) is 4.98 Å². The second-order valence-corrected chi connectivity index (χ2v) is 7.48. The van der Waals surface area contributed by atoms with E-state index in [1.807, 2.05) is 66.9 Å². The van der Waals surface area contributed by atoms with Crippen molar-refractivity contribution in [1.82, 2.24) is 9.97 Å². The summed E-state index contributed by atoms with van der Waals surface area (Å²) in [5, 5.41) is 17.1. The van der Waals surface area contributed by atoms with E-state index in [0.29, 0.717) is 15.6 Å². The van der Waals surface area contributed by atoms with Crippen molar-refractivity contribution in [2.45, 2.75) is 6.92 Å². The Bertz CT molecular complexity index is 1220. The maximum atomic E-state index is 9.61. The van der Waals surface area contributed by atoms with E-state index in [4.69, 9.17) is 11.6 Å². The topological polar surface area (TPSA) is 61.6 Å². The Morgan fingerprint density at radius 2 is 1.93 bits per heavy atom. The van der Waals surface area contributed by atoms with Gasteiger partial charge in [0.2, 0.25) is 0 Å². The molecule has 136 valence electrons. The van der Waals surface area contributed by atoms with Crippen LogP contribution in [-0.2, 0) is 0 Å². The van der Waals surface area contributed by atoms with Gasteiger partial charge in [-0.15, -0.1) is 11.3 Å². The van der Waals surface area contributed by atoms with Gasteiger partial charge in [-0.3, -0.25) is 4.98 Å². The quantitative estimate of drug-likeness (QED) is 0.407. The molecule has 0 radical (unpaired) electrons. The van der Waals surface area contributed by atoms with Crippen molar-refractivity contribution < 1.29 is 0 Å². The number of para-hydroxylation sites is 1. The van der Waals surface area contributed by atoms with Gasteiger partial charge in [-0.2, -0.15) is 5.26 Å². The van der Waals surface area contributed by atoms with Crippen LogP contribution in [0.4, 0.5) is 5.69 Å². The first-order chi connectivity index (χ1) is 13.6. The summed E-state index contributed by atoms with van der Waals surface area (Å²) < 4.78 is 0. The molecule has 0 aliphatic rings. The molecule has 0 saturated heterocycles. The predicted molar refractivity (Wildman–Crippen MR) is 116 cm³/mol. The summed E-state index contributed by atoms with van der Waals surface area (Å²) in [5.41, 5.74) is 4.92. The van der Waals surface area contributed by atoms with E-state index in [9.17, 15) is 5.26 Å². The van der Waals surface area contributed by atoms with Crippen LogP contribution in [-0.4, -0.2) is 9.97 Å². The summed E-state index contributed by atoms with van der Waals surface area (Å²) in [6, 6.07) is 19.7. The predicted octanol–water partition coefficient (Wildman–Crippen LogP) is 6.30. The standard InChI is InChI=1S/C22H15ClN4S/c1-14-5-6-16-3-2-4-19(21(16)26-14)25-12-17(11-24)22-27-20(13-28-22)15-7-9-18(23)10-8-15/h2-10,12-13,25H,1H3. The van der Waals surface area contributed by atoms with Crippen LogP contribution in [0.2, 0.25) is 5.02 Å². The van der Waals surface area contributed by atoms with E-state index in [0.717, 1.165) is 33.5 Å². The first-order valence-corrected chi connectivity index (χ1v) is 9.85. The fraction of sp³-hybridized carbons (Fsp3) is 0.0455. The van der Waals surface area contributed by atoms with Crippen LogP contribution in [0.25, 0.3) is 27.7 Å². The van der Waals surface area contributed by atoms with Gasteiger partial charge in [0.1, 0.15) is 16.6 Å². The van der Waals surface area contributed by atoms with Crippen molar-refractivity contribution in [1.29, 1.82) is 5.26 Å². The molecule has 2 aromatic heterocycles. The molecule has 2 heterocycles. The largest absolute Gasteiger partial charge is 0.359 e. The average Bonchev–Trinajstić information content (AvgIpc) is 3.19. The van der Waals surface area contributed by atoms with Crippen LogP contribution in [0.5, 0.6) is 0 Å². The normalized spacial score (nSPS) is 11.4. The van der Waals surface area contributed by atoms with Gasteiger partial charge in [0.05, 0.1) is 16.9 Å². The molecule has 4 nitrogen and oxygen atoms in total. The molecule has 0 fully saturated rings. The van der Waals surface area contributed by atoms with E-state index in [1.165, 1.54) is 11.3 Å². The number of aromatic nitrogens is 2. The number of nitriles is 1. The molecule has 4 rings (SSSR count). The number of anilines is 1. The van der Waals surface area contributed by atoms with Gasteiger partial charge < -0.3 is 5.32 Å². The second kappa shape index (κ2) is 7.81. The minimum Gasteiger partial charge on any atom is -0.359 e. The molecule has 0 aliphatic carbocycles. The van der Waals surface area contributed by atoms with Crippen molar-refractivity contribution in [3.63, 3.8) is 0 Å². The number of pyridine rings is 1. The number of fused-ring (bicyclic) bond motifs is 1. The third-order valence-electron chi connectivity index (χ3n) is 4.23. The molecule has 6 heteroatoms. The molecule has 0 atom stereocenters. The van der Waals surface area contributed by atoms with E-state index in [1.54, 1.807) is 6.20 Å². The maximum Gasteiger partial charge on any atom is 0.136 e. The summed E-state index contributed by atoms with van der Waals surface area (Å²) in [6.07, 6.45) is 1.68. The Balaban J connectivity index is 1.63. The number of aryl methyl sites for hydroxylation is 1. The van der Waals surface area contributed by atoms with Gasteiger partial charge >= 0.3 is 0 Å². The zero-order chi connectivity index (χ0) is 19.5. The number of nitrogens with one attached hydrogen (secondary N) is 1. The van der Waals surface area contributed by atoms with E-state index >= 15 is 0 Å². The number of hydrogen-bond donors (Lipinski definition) is 1. The first kappa shape index (κ1) is 18.2. The smallest absolute Gasteiger partial charge is 0.136 e. The number of thiazole rings is 1. The van der Waals surface area contributed by atoms with Gasteiger partial charge in [-0.1, -0.05) is 41.9 Å². The fourth-order valence-electron chi connectivity index (χ4n) is 2.80. The minimum atomic E-state index is 0.467. The Morgan fingerprint density at radius 3 is 2.71 bits per heavy atom. The summed E-state index contributed by atoms with van der Waals surface area (Å²) in [4.78, 5) is 9.20. The van der Waals surface area contributed by atoms with Crippen LogP contribution in [0, 0.1) is 18.3 Å². The summed E-state index contributed by atoms with van der Waals surface area (Å²) in [5.74, 6) is 0. The molecular formula is C22H15ClN4S. The monoisotopic (exact) mass is 402 g/mol. The molecular weight excluding hydrogens is 388 g/mol. The molecule has 0 spiro atoms. The molecule has 0 amide bonds. The zero-order valence-corrected chi connectivity index (χ0v) is 16.6. The molecule has 2 aromatic carbocycles. The number of rotatable bonds is 4. The third kappa shape index (κ3) is 3.74. The van der Waals surface area contributed by atoms with Crippen LogP contribution in [0.15, 0.2) is 66.2 Å². The highest BCUT2D eigenvalue weighted by atomic mass is 35.5. The van der Waals surface area contributed by atoms with Gasteiger partial charge in [0.25, 0.3) is 0 Å². The van der Waals surface area contributed by atoms with E-state index in [-0.39, 0.29) is 0 Å². The first-order valence-electron chi connectivity index (χ1n) is 8.59. The molecule has 0 saturated carbocycles. The molecule has 0 aliphatic heterocycles. The van der Waals surface area contributed by atoms with Crippen molar-refractivity contribution in [2.24, 2.45) is 0 Å². The van der Waals surface area contributed by atoms with Gasteiger partial charge in [0.15, 0.2) is 0 Å². The third-order valence-corrected chi connectivity index (χ3v) is 5.35. The van der Waals surface area contributed by atoms with Crippen molar-refractivity contribution >= 4 is 45.1 Å². The maximum absolute atomic E-state index is 9.61. The van der Waals surface area contributed by atoms with Crippen molar-refractivity contribution in [3.8, 4) is 17.3 Å². The number of benzene rings is 2. The summed E-state index contributed by atoms with van der Waals surface area (Å²) in [7, 11) is 0. The highest BCUT2D eigenvalue weighted by Gasteiger charge is 2.10. The summed E-state index contributed by atoms with van der Waals surface area (Å²) in [6.45, 7) is 1.96. The van der Waals surface area contributed by atoms with Gasteiger partial charge in [-0.05, 0) is 31.2 Å². The number of allylic oxidation sites excluding steroid dienone is 1. The Labute approximate surface area is 171 Å². The van der Waals surface area contributed by atoms with E-state index in [2.05, 4.69) is 21.4 Å². The SMILES string of the molecule is Cc1ccc2cccc(NC=C(C#N)c3nc(-c4ccc(Cl)cc4)cs3)c2n1. The lowest BCUT2D eigenvalue weighted by atomic mass is 10.1. The highest BCUT2D eigenvalue weighted by Crippen LogP contribution is 2.28. The fourth-order valence-corrected chi connectivity index (χ4v) is 3.72. The lowest BCUT2D eigenvalue weighted by molar-refractivity contribution is 1.25. The van der Waals surface area contributed by atoms with Crippen molar-refractivity contribution in [2.75, 3.05) is 5.32 Å². The van der Waals surface area contributed by atoms with Crippen LogP contribution >= 0.6 is 22.9 Å². The minimum absolute atomic E-state index is 0.467. The lowest BCUT2D eigenvalue weighted by Gasteiger charge is -2.06. The van der Waals surface area contributed by atoms with Crippen LogP contribution in [0.3, 0.4) is 0 Å². The average molecular weight is 403 g/mol. The number of hydrogen-bond acceptors (Lipinski definition) is 5. The Kier molecular flexibility index (Phi) is 5.07. The molecule has 0 bridgehead atoms. The van der Waals surface area contributed by atoms with Crippen LogP contribution < -0.4 is 5.32 Å². The molecule has 0 unspecified atom stereocenters. The molecule has 4 aromatic rings. The number of nitrogens with zero attached hydrogens (tertiary/aromatic N) is 3. The van der Waals surface area contributed by atoms with Crippen molar-refractivity contribution in [3.05, 3.63) is 81.9 Å². The molecule has 28 heavy (non-hydrogen) atoms. The number of halogens is 1. The second-order valence-electron chi connectivity index (χ2n) is 6.19. The Hall–Kier alpha value is -3.20. The zero-order valence-electron chi connectivity index (χ0n) is 15.0. The summed E-state index contributed by atoms with van der Waals surface area (Å²) >= 11 is 7.38. The highest BCUT2D eigenvalue weighted by molar-refractivity contribution is 7.11.